The van der Waals surface area contributed by atoms with E-state index in [2.05, 4.69) is 5.32 Å². The molecule has 104 valence electrons. The average Bonchev–Trinajstić information content (AvgIpc) is 2.35. The van der Waals surface area contributed by atoms with Crippen LogP contribution in [0.3, 0.4) is 0 Å². The van der Waals surface area contributed by atoms with Crippen molar-refractivity contribution in [3.8, 4) is 6.07 Å². The summed E-state index contributed by atoms with van der Waals surface area (Å²) < 4.78 is 0. The van der Waals surface area contributed by atoms with Gasteiger partial charge in [-0.15, -0.1) is 0 Å². The average molecular weight is 267 g/mol. The Bertz CT molecular complexity index is 462. The Morgan fingerprint density at radius 2 is 1.84 bits per heavy atom. The molecule has 1 atom stereocenters. The molecule has 0 saturated carbocycles. The van der Waals surface area contributed by atoms with Crippen molar-refractivity contribution in [3.63, 3.8) is 0 Å². The number of imide groups is 1. The Labute approximate surface area is 111 Å². The molecule has 0 radical (unpaired) electrons. The molecule has 0 bridgehead atoms. The minimum absolute atomic E-state index is 0.0396. The maximum Gasteiger partial charge on any atom is 0.331 e. The van der Waals surface area contributed by atoms with Crippen LogP contribution in [0.5, 0.6) is 0 Å². The third kappa shape index (κ3) is 4.79. The Morgan fingerprint density at radius 3 is 2.26 bits per heavy atom. The second kappa shape index (κ2) is 7.16. The van der Waals surface area contributed by atoms with Gasteiger partial charge >= 0.3 is 12.0 Å². The first-order chi connectivity index (χ1) is 8.72. The van der Waals surface area contributed by atoms with Crippen LogP contribution in [0, 0.1) is 11.3 Å². The second-order valence-corrected chi connectivity index (χ2v) is 4.14. The highest BCUT2D eigenvalue weighted by Crippen LogP contribution is 2.05. The molecular formula is C12H17N3O4. The molecule has 0 fully saturated rings. The van der Waals surface area contributed by atoms with Crippen LogP contribution in [0.15, 0.2) is 11.1 Å². The molecule has 2 N–H and O–H groups in total. The predicted molar refractivity (Wildman–Crippen MR) is 67.0 cm³/mol. The molecule has 0 aromatic rings. The molecule has 0 saturated heterocycles. The maximum absolute atomic E-state index is 11.7. The number of amides is 3. The fourth-order valence-electron chi connectivity index (χ4n) is 1.08. The quantitative estimate of drug-likeness (QED) is 0.734. The first-order valence-corrected chi connectivity index (χ1v) is 5.58. The van der Waals surface area contributed by atoms with E-state index < -0.39 is 17.9 Å². The largest absolute Gasteiger partial charge is 0.478 e. The van der Waals surface area contributed by atoms with Crippen LogP contribution >= 0.6 is 0 Å². The number of hydrogen-bond acceptors (Lipinski definition) is 4. The number of nitriles is 1. The standard InChI is InChI=1S/C12H17N3O4/c1-7(5-6-13)15(4)12(19)14-10(16)8(2)9(3)11(17)18/h7H,5H2,1-4H3,(H,17,18)(H,14,16,19)/b9-8-. The SMILES string of the molecule is C/C(C(=O)O)=C(\C)C(=O)NC(=O)N(C)C(C)CC#N. The molecule has 0 spiro atoms. The molecule has 1 unspecified atom stereocenters. The summed E-state index contributed by atoms with van der Waals surface area (Å²) >= 11 is 0. The molecule has 0 aliphatic rings. The van der Waals surface area contributed by atoms with E-state index in [1.807, 2.05) is 6.07 Å². The van der Waals surface area contributed by atoms with Crippen LogP contribution in [-0.4, -0.2) is 41.0 Å². The number of aliphatic carboxylic acids is 1. The third-order valence-corrected chi connectivity index (χ3v) is 2.81. The summed E-state index contributed by atoms with van der Waals surface area (Å²) in [6.45, 7) is 4.27. The van der Waals surface area contributed by atoms with Crippen molar-refractivity contribution in [2.45, 2.75) is 33.2 Å². The van der Waals surface area contributed by atoms with Gasteiger partial charge in [0.1, 0.15) is 0 Å². The smallest absolute Gasteiger partial charge is 0.331 e. The number of hydrogen-bond donors (Lipinski definition) is 2. The first kappa shape index (κ1) is 16.6. The van der Waals surface area contributed by atoms with E-state index >= 15 is 0 Å². The molecule has 3 amide bonds. The van der Waals surface area contributed by atoms with Gasteiger partial charge in [0, 0.05) is 24.2 Å². The van der Waals surface area contributed by atoms with Crippen molar-refractivity contribution in [2.24, 2.45) is 0 Å². The fourth-order valence-corrected chi connectivity index (χ4v) is 1.08. The van der Waals surface area contributed by atoms with Gasteiger partial charge in [-0.2, -0.15) is 5.26 Å². The Hall–Kier alpha value is -2.36. The van der Waals surface area contributed by atoms with Crippen molar-refractivity contribution < 1.29 is 19.5 Å². The van der Waals surface area contributed by atoms with E-state index in [-0.39, 0.29) is 23.6 Å². The zero-order valence-electron chi connectivity index (χ0n) is 11.4. The molecule has 19 heavy (non-hydrogen) atoms. The molecule has 0 heterocycles. The van der Waals surface area contributed by atoms with Crippen LogP contribution in [0.4, 0.5) is 4.79 Å². The molecule has 7 nitrogen and oxygen atoms in total. The van der Waals surface area contributed by atoms with Crippen molar-refractivity contribution in [1.82, 2.24) is 10.2 Å². The van der Waals surface area contributed by atoms with Crippen LogP contribution < -0.4 is 5.32 Å². The first-order valence-electron chi connectivity index (χ1n) is 5.58. The monoisotopic (exact) mass is 267 g/mol. The van der Waals surface area contributed by atoms with Gasteiger partial charge in [0.15, 0.2) is 0 Å². The van der Waals surface area contributed by atoms with Gasteiger partial charge in [-0.3, -0.25) is 10.1 Å². The number of carbonyl (C=O) groups is 3. The second-order valence-electron chi connectivity index (χ2n) is 4.14. The lowest BCUT2D eigenvalue weighted by Crippen LogP contribution is -2.45. The van der Waals surface area contributed by atoms with Crippen LogP contribution in [-0.2, 0) is 9.59 Å². The van der Waals surface area contributed by atoms with Crippen molar-refractivity contribution in [2.75, 3.05) is 7.05 Å². The fraction of sp³-hybridized carbons (Fsp3) is 0.500. The molecule has 0 aromatic carbocycles. The van der Waals surface area contributed by atoms with E-state index in [9.17, 15) is 14.4 Å². The molecule has 0 aromatic heterocycles. The van der Waals surface area contributed by atoms with Crippen LogP contribution in [0.2, 0.25) is 0 Å². The van der Waals surface area contributed by atoms with Crippen molar-refractivity contribution in [1.29, 1.82) is 5.26 Å². The van der Waals surface area contributed by atoms with Gasteiger partial charge < -0.3 is 10.0 Å². The van der Waals surface area contributed by atoms with Gasteiger partial charge in [-0.1, -0.05) is 0 Å². The topological polar surface area (TPSA) is 110 Å². The summed E-state index contributed by atoms with van der Waals surface area (Å²) in [7, 11) is 1.45. The number of rotatable bonds is 4. The molecule has 0 aliphatic heterocycles. The predicted octanol–water partition coefficient (Wildman–Crippen LogP) is 0.878. The summed E-state index contributed by atoms with van der Waals surface area (Å²) in [4.78, 5) is 35.2. The van der Waals surface area contributed by atoms with Gasteiger partial charge in [-0.25, -0.2) is 9.59 Å². The number of carboxylic acid groups (broad SMARTS) is 1. The summed E-state index contributed by atoms with van der Waals surface area (Å²) in [5, 5.41) is 19.3. The summed E-state index contributed by atoms with van der Waals surface area (Å²) in [6.07, 6.45) is 0.140. The zero-order valence-corrected chi connectivity index (χ0v) is 11.4. The zero-order chi connectivity index (χ0) is 15.2. The van der Waals surface area contributed by atoms with Crippen molar-refractivity contribution in [3.05, 3.63) is 11.1 Å². The Kier molecular flexibility index (Phi) is 6.27. The lowest BCUT2D eigenvalue weighted by molar-refractivity contribution is -0.133. The van der Waals surface area contributed by atoms with Crippen LogP contribution in [0.1, 0.15) is 27.2 Å². The van der Waals surface area contributed by atoms with E-state index in [1.165, 1.54) is 25.8 Å². The van der Waals surface area contributed by atoms with Gasteiger partial charge in [0.25, 0.3) is 5.91 Å². The number of nitrogens with one attached hydrogen (secondary N) is 1. The van der Waals surface area contributed by atoms with Gasteiger partial charge in [0.2, 0.25) is 0 Å². The van der Waals surface area contributed by atoms with Crippen molar-refractivity contribution >= 4 is 17.9 Å². The number of carboxylic acids is 1. The number of urea groups is 1. The molecule has 7 heteroatoms. The third-order valence-electron chi connectivity index (χ3n) is 2.81. The number of nitrogens with zero attached hydrogens (tertiary/aromatic N) is 2. The minimum atomic E-state index is -1.22. The normalized spacial score (nSPS) is 12.8. The highest BCUT2D eigenvalue weighted by atomic mass is 16.4. The summed E-state index contributed by atoms with van der Waals surface area (Å²) in [5.74, 6) is -1.98. The van der Waals surface area contributed by atoms with Gasteiger partial charge in [-0.05, 0) is 20.8 Å². The van der Waals surface area contributed by atoms with Gasteiger partial charge in [0.05, 0.1) is 12.5 Å². The molecule has 0 aliphatic carbocycles. The minimum Gasteiger partial charge on any atom is -0.478 e. The van der Waals surface area contributed by atoms with E-state index in [4.69, 9.17) is 10.4 Å². The Balaban J connectivity index is 4.76. The summed E-state index contributed by atoms with van der Waals surface area (Å²) in [6, 6.07) is 0.898. The number of carbonyl (C=O) groups excluding carboxylic acids is 2. The summed E-state index contributed by atoms with van der Waals surface area (Å²) in [5.41, 5.74) is -0.166. The lowest BCUT2D eigenvalue weighted by atomic mass is 10.1. The highest BCUT2D eigenvalue weighted by Gasteiger charge is 2.20. The lowest BCUT2D eigenvalue weighted by Gasteiger charge is -2.22. The maximum atomic E-state index is 11.7. The van der Waals surface area contributed by atoms with E-state index in [0.717, 1.165) is 0 Å². The molecule has 0 rings (SSSR count). The Morgan fingerprint density at radius 1 is 1.32 bits per heavy atom. The van der Waals surface area contributed by atoms with E-state index in [1.54, 1.807) is 6.92 Å². The molecular weight excluding hydrogens is 250 g/mol. The van der Waals surface area contributed by atoms with E-state index in [0.29, 0.717) is 0 Å². The highest BCUT2D eigenvalue weighted by molar-refractivity contribution is 6.07. The van der Waals surface area contributed by atoms with Crippen LogP contribution in [0.25, 0.3) is 0 Å².